The Morgan fingerprint density at radius 2 is 1.93 bits per heavy atom. The van der Waals surface area contributed by atoms with Crippen LogP contribution in [0, 0.1) is 5.82 Å². The molecule has 41 heavy (non-hydrogen) atoms. The Hall–Kier alpha value is -5.21. The molecule has 0 bridgehead atoms. The van der Waals surface area contributed by atoms with Gasteiger partial charge in [-0.25, -0.2) is 28.5 Å². The van der Waals surface area contributed by atoms with Crippen LogP contribution in [0.1, 0.15) is 18.1 Å². The quantitative estimate of drug-likeness (QED) is 0.228. The lowest BCUT2D eigenvalue weighted by Gasteiger charge is -2.12. The number of benzene rings is 2. The first-order valence-electron chi connectivity index (χ1n) is 12.1. The average Bonchev–Trinajstić information content (AvgIpc) is 3.56. The Morgan fingerprint density at radius 3 is 2.63 bits per heavy atom. The van der Waals surface area contributed by atoms with Crippen LogP contribution in [0.3, 0.4) is 0 Å². The average molecular weight is 571 g/mol. The minimum absolute atomic E-state index is 0.00853. The number of aromatic nitrogens is 3. The lowest BCUT2D eigenvalue weighted by Crippen LogP contribution is -2.22. The van der Waals surface area contributed by atoms with Crippen molar-refractivity contribution in [3.63, 3.8) is 0 Å². The van der Waals surface area contributed by atoms with Gasteiger partial charge in [0, 0.05) is 17.4 Å². The van der Waals surface area contributed by atoms with Crippen LogP contribution in [-0.4, -0.2) is 51.8 Å². The maximum Gasteiger partial charge on any atom is 0.416 e. The van der Waals surface area contributed by atoms with Gasteiger partial charge in [-0.2, -0.15) is 18.3 Å². The van der Waals surface area contributed by atoms with E-state index in [-0.39, 0.29) is 30.6 Å². The highest BCUT2D eigenvalue weighted by atomic mass is 19.4. The second-order valence-electron chi connectivity index (χ2n) is 8.72. The third kappa shape index (κ3) is 5.59. The Balaban J connectivity index is 1.41. The largest absolute Gasteiger partial charge is 0.474 e. The molecule has 1 unspecified atom stereocenters. The number of aliphatic imine (C=N–C) groups is 1. The highest BCUT2D eigenvalue weighted by Crippen LogP contribution is 2.35. The summed E-state index contributed by atoms with van der Waals surface area (Å²) in [6.07, 6.45) is -1.81. The van der Waals surface area contributed by atoms with E-state index in [0.29, 0.717) is 40.4 Å². The molecule has 4 N–H and O–H groups in total. The predicted molar refractivity (Wildman–Crippen MR) is 140 cm³/mol. The zero-order valence-corrected chi connectivity index (χ0v) is 21.2. The monoisotopic (exact) mass is 571 g/mol. The second kappa shape index (κ2) is 10.7. The van der Waals surface area contributed by atoms with E-state index in [4.69, 9.17) is 15.2 Å². The molecule has 2 amide bonds. The van der Waals surface area contributed by atoms with E-state index < -0.39 is 41.3 Å². The van der Waals surface area contributed by atoms with Crippen LogP contribution in [0.25, 0.3) is 16.6 Å². The van der Waals surface area contributed by atoms with Crippen molar-refractivity contribution in [1.82, 2.24) is 14.6 Å². The minimum atomic E-state index is -4.71. The molecule has 0 fully saturated rings. The number of hydrogen-bond acceptors (Lipinski definition) is 8. The van der Waals surface area contributed by atoms with Gasteiger partial charge in [-0.15, -0.1) is 0 Å². The highest BCUT2D eigenvalue weighted by Gasteiger charge is 2.32. The summed E-state index contributed by atoms with van der Waals surface area (Å²) in [5.41, 5.74) is 6.70. The van der Waals surface area contributed by atoms with E-state index in [1.165, 1.54) is 23.0 Å². The Bertz CT molecular complexity index is 1670. The molecule has 0 spiro atoms. The molecule has 0 radical (unpaired) electrons. The molecule has 0 saturated carbocycles. The SMILES string of the molecule is CCOC(=O)C1COC(c2cn3ncnc(N)c3c2-c2ccc(NC(=O)Nc3cc(C(F)(F)F)ccc3F)cc2)=N1. The standard InChI is InChI=1S/C26H21F4N7O4/c1-2-40-24(38)19-11-41-23(35-19)16-10-37-21(22(31)32-12-33-37)20(16)13-3-6-15(7-4-13)34-25(39)36-18-9-14(26(28,29)30)5-8-17(18)27/h3-10,12,19H,2,11H2,1H3,(H2,31,32,33)(H2,34,36,39). The summed E-state index contributed by atoms with van der Waals surface area (Å²) in [7, 11) is 0. The third-order valence-electron chi connectivity index (χ3n) is 6.02. The molecule has 212 valence electrons. The van der Waals surface area contributed by atoms with Crippen LogP contribution in [0.4, 0.5) is 39.5 Å². The van der Waals surface area contributed by atoms with E-state index in [2.05, 4.69) is 25.7 Å². The van der Waals surface area contributed by atoms with Gasteiger partial charge in [0.2, 0.25) is 5.90 Å². The molecule has 4 aromatic rings. The fourth-order valence-electron chi connectivity index (χ4n) is 4.17. The third-order valence-corrected chi connectivity index (χ3v) is 6.02. The fraction of sp³-hybridized carbons (Fsp3) is 0.192. The van der Waals surface area contributed by atoms with E-state index in [1.807, 2.05) is 0 Å². The van der Waals surface area contributed by atoms with Crippen molar-refractivity contribution in [2.45, 2.75) is 19.1 Å². The van der Waals surface area contributed by atoms with Gasteiger partial charge in [0.25, 0.3) is 0 Å². The summed E-state index contributed by atoms with van der Waals surface area (Å²) in [6.45, 7) is 1.87. The summed E-state index contributed by atoms with van der Waals surface area (Å²) >= 11 is 0. The number of esters is 1. The van der Waals surface area contributed by atoms with E-state index in [0.717, 1.165) is 0 Å². The summed E-state index contributed by atoms with van der Waals surface area (Å²) < 4.78 is 65.1. The Kier molecular flexibility index (Phi) is 7.17. The van der Waals surface area contributed by atoms with Crippen molar-refractivity contribution in [2.24, 2.45) is 4.99 Å². The number of nitrogens with two attached hydrogens (primary N) is 1. The van der Waals surface area contributed by atoms with Crippen LogP contribution in [-0.2, 0) is 20.4 Å². The van der Waals surface area contributed by atoms with E-state index in [1.54, 1.807) is 25.3 Å². The number of urea groups is 1. The summed E-state index contributed by atoms with van der Waals surface area (Å²) in [5, 5.41) is 8.71. The number of nitrogens with one attached hydrogen (secondary N) is 2. The van der Waals surface area contributed by atoms with Gasteiger partial charge >= 0.3 is 18.2 Å². The van der Waals surface area contributed by atoms with Crippen molar-refractivity contribution >= 4 is 40.6 Å². The molecule has 11 nitrogen and oxygen atoms in total. The number of carbonyl (C=O) groups is 2. The van der Waals surface area contributed by atoms with Crippen molar-refractivity contribution in [3.05, 3.63) is 71.9 Å². The zero-order valence-electron chi connectivity index (χ0n) is 21.2. The number of nitrogen functional groups attached to an aromatic ring is 1. The van der Waals surface area contributed by atoms with Gasteiger partial charge in [0.15, 0.2) is 11.9 Å². The molecule has 3 heterocycles. The number of halogens is 4. The van der Waals surface area contributed by atoms with Gasteiger partial charge in [0.05, 0.1) is 23.4 Å². The summed E-state index contributed by atoms with van der Waals surface area (Å²) in [4.78, 5) is 33.0. The fourth-order valence-corrected chi connectivity index (χ4v) is 4.17. The van der Waals surface area contributed by atoms with E-state index >= 15 is 0 Å². The number of fused-ring (bicyclic) bond motifs is 1. The maximum absolute atomic E-state index is 14.0. The first-order chi connectivity index (χ1) is 19.5. The van der Waals surface area contributed by atoms with Crippen LogP contribution < -0.4 is 16.4 Å². The highest BCUT2D eigenvalue weighted by molar-refractivity contribution is 6.08. The number of anilines is 3. The summed E-state index contributed by atoms with van der Waals surface area (Å²) in [6, 6.07) is 6.20. The molecule has 2 aromatic carbocycles. The van der Waals surface area contributed by atoms with Crippen LogP contribution in [0.5, 0.6) is 0 Å². The molecule has 0 aliphatic carbocycles. The molecule has 1 atom stereocenters. The Morgan fingerprint density at radius 1 is 1.17 bits per heavy atom. The minimum Gasteiger partial charge on any atom is -0.474 e. The molecule has 15 heteroatoms. The number of alkyl halides is 3. The molecule has 0 saturated heterocycles. The van der Waals surface area contributed by atoms with E-state index in [9.17, 15) is 27.2 Å². The predicted octanol–water partition coefficient (Wildman–Crippen LogP) is 4.49. The zero-order chi connectivity index (χ0) is 29.3. The molecule has 5 rings (SSSR count). The van der Waals surface area contributed by atoms with Gasteiger partial charge in [-0.3, -0.25) is 0 Å². The number of rotatable bonds is 6. The van der Waals surface area contributed by atoms with Crippen LogP contribution in [0.15, 0.2) is 60.0 Å². The van der Waals surface area contributed by atoms with Gasteiger partial charge in [0.1, 0.15) is 24.3 Å². The van der Waals surface area contributed by atoms with Crippen molar-refractivity contribution < 1.29 is 36.6 Å². The Labute approximate surface area is 229 Å². The van der Waals surface area contributed by atoms with Crippen LogP contribution in [0.2, 0.25) is 0 Å². The van der Waals surface area contributed by atoms with Crippen LogP contribution >= 0.6 is 0 Å². The lowest BCUT2D eigenvalue weighted by atomic mass is 10.0. The van der Waals surface area contributed by atoms with Crippen molar-refractivity contribution in [2.75, 3.05) is 29.6 Å². The maximum atomic E-state index is 14.0. The number of hydrogen-bond donors (Lipinski definition) is 3. The van der Waals surface area contributed by atoms with Gasteiger partial charge < -0.3 is 25.8 Å². The number of ether oxygens (including phenoxy) is 2. The number of carbonyl (C=O) groups excluding carboxylic acids is 2. The molecule has 1 aliphatic rings. The van der Waals surface area contributed by atoms with Crippen molar-refractivity contribution in [1.29, 1.82) is 0 Å². The first-order valence-corrected chi connectivity index (χ1v) is 12.1. The first kappa shape index (κ1) is 27.4. The summed E-state index contributed by atoms with van der Waals surface area (Å²) in [5.74, 6) is -1.22. The number of amides is 2. The second-order valence-corrected chi connectivity index (χ2v) is 8.72. The molecular weight excluding hydrogens is 550 g/mol. The van der Waals surface area contributed by atoms with Crippen molar-refractivity contribution in [3.8, 4) is 11.1 Å². The van der Waals surface area contributed by atoms with Gasteiger partial charge in [-0.1, -0.05) is 12.1 Å². The topological polar surface area (TPSA) is 145 Å². The lowest BCUT2D eigenvalue weighted by molar-refractivity contribution is -0.144. The molecular formula is C26H21F4N7O4. The molecule has 2 aromatic heterocycles. The number of nitrogens with zero attached hydrogens (tertiary/aromatic N) is 4. The molecule has 1 aliphatic heterocycles. The van der Waals surface area contributed by atoms with Gasteiger partial charge in [-0.05, 0) is 42.8 Å². The normalized spacial score (nSPS) is 14.9. The smallest absolute Gasteiger partial charge is 0.416 e.